The first-order valence-electron chi connectivity index (χ1n) is 11.8. The lowest BCUT2D eigenvalue weighted by molar-refractivity contribution is -0.130. The standard InChI is InChI=1S/C24H38N6O2S/c1-4-11-26-22(31)21(25)24-30(5-2)23(32)20(33-24)17-27-19-8-6-18(7-9-19)10-12-29-15-13-28(3)14-16-29/h4,6-9,20-21,24,27H,1,5,10-17,25H2,2-3H3,(H,26,31)/t20-,21-,24?/m1/s1. The summed E-state index contributed by atoms with van der Waals surface area (Å²) in [6, 6.07) is 7.69. The number of nitrogens with zero attached hydrogens (tertiary/aromatic N) is 3. The van der Waals surface area contributed by atoms with Crippen molar-refractivity contribution in [3.05, 3.63) is 42.5 Å². The minimum atomic E-state index is -0.775. The van der Waals surface area contributed by atoms with Gasteiger partial charge in [-0.2, -0.15) is 0 Å². The smallest absolute Gasteiger partial charge is 0.240 e. The van der Waals surface area contributed by atoms with Crippen molar-refractivity contribution >= 4 is 29.3 Å². The lowest BCUT2D eigenvalue weighted by atomic mass is 10.1. The molecule has 3 rings (SSSR count). The maximum Gasteiger partial charge on any atom is 0.240 e. The molecule has 4 N–H and O–H groups in total. The second kappa shape index (κ2) is 12.4. The lowest BCUT2D eigenvalue weighted by Gasteiger charge is -2.32. The number of hydrogen-bond donors (Lipinski definition) is 3. The van der Waals surface area contributed by atoms with E-state index in [4.69, 9.17) is 5.73 Å². The highest BCUT2D eigenvalue weighted by molar-refractivity contribution is 8.01. The maximum atomic E-state index is 12.9. The third kappa shape index (κ3) is 6.96. The predicted molar refractivity (Wildman–Crippen MR) is 136 cm³/mol. The molecule has 9 heteroatoms. The fourth-order valence-electron chi connectivity index (χ4n) is 4.14. The van der Waals surface area contributed by atoms with Crippen LogP contribution in [-0.4, -0.2) is 103 Å². The zero-order valence-corrected chi connectivity index (χ0v) is 20.7. The van der Waals surface area contributed by atoms with Gasteiger partial charge in [-0.05, 0) is 38.1 Å². The van der Waals surface area contributed by atoms with Crippen molar-refractivity contribution in [3.8, 4) is 0 Å². The van der Waals surface area contributed by atoms with Gasteiger partial charge in [0.05, 0.1) is 0 Å². The zero-order valence-electron chi connectivity index (χ0n) is 19.8. The molecule has 1 unspecified atom stereocenters. The van der Waals surface area contributed by atoms with Crippen molar-refractivity contribution in [1.29, 1.82) is 0 Å². The highest BCUT2D eigenvalue weighted by atomic mass is 32.2. The fraction of sp³-hybridized carbons (Fsp3) is 0.583. The molecule has 2 heterocycles. The Balaban J connectivity index is 1.48. The van der Waals surface area contributed by atoms with Gasteiger partial charge in [0.25, 0.3) is 0 Å². The van der Waals surface area contributed by atoms with Crippen LogP contribution in [0.2, 0.25) is 0 Å². The van der Waals surface area contributed by atoms with Crippen LogP contribution >= 0.6 is 11.8 Å². The Labute approximate surface area is 201 Å². The summed E-state index contributed by atoms with van der Waals surface area (Å²) in [6.07, 6.45) is 2.65. The molecule has 8 nitrogen and oxygen atoms in total. The topological polar surface area (TPSA) is 93.9 Å². The maximum absolute atomic E-state index is 12.9. The van der Waals surface area contributed by atoms with Crippen LogP contribution in [0.4, 0.5) is 5.69 Å². The van der Waals surface area contributed by atoms with E-state index in [0.29, 0.717) is 19.6 Å². The summed E-state index contributed by atoms with van der Waals surface area (Å²) in [5.41, 5.74) is 8.49. The molecule has 2 amide bonds. The number of nitrogens with one attached hydrogen (secondary N) is 2. The summed E-state index contributed by atoms with van der Waals surface area (Å²) in [6.45, 7) is 12.5. The molecule has 2 aliphatic heterocycles. The van der Waals surface area contributed by atoms with Crippen LogP contribution in [0, 0.1) is 0 Å². The van der Waals surface area contributed by atoms with Crippen molar-refractivity contribution in [2.24, 2.45) is 5.73 Å². The Bertz CT molecular complexity index is 797. The average Bonchev–Trinajstić information content (AvgIpc) is 3.16. The molecule has 2 saturated heterocycles. The van der Waals surface area contributed by atoms with E-state index in [0.717, 1.165) is 44.8 Å². The molecular formula is C24H38N6O2S. The molecule has 2 aliphatic rings. The summed E-state index contributed by atoms with van der Waals surface area (Å²) in [5.74, 6) is -0.241. The Morgan fingerprint density at radius 1 is 1.27 bits per heavy atom. The van der Waals surface area contributed by atoms with Gasteiger partial charge in [0.15, 0.2) is 0 Å². The number of carbonyl (C=O) groups excluding carboxylic acids is 2. The van der Waals surface area contributed by atoms with E-state index < -0.39 is 6.04 Å². The highest BCUT2D eigenvalue weighted by Gasteiger charge is 2.44. The van der Waals surface area contributed by atoms with Gasteiger partial charge in [0.1, 0.15) is 16.7 Å². The van der Waals surface area contributed by atoms with Gasteiger partial charge in [0, 0.05) is 58.0 Å². The van der Waals surface area contributed by atoms with Crippen LogP contribution in [0.5, 0.6) is 0 Å². The Morgan fingerprint density at radius 3 is 2.61 bits per heavy atom. The van der Waals surface area contributed by atoms with E-state index in [2.05, 4.69) is 58.3 Å². The van der Waals surface area contributed by atoms with Gasteiger partial charge in [-0.15, -0.1) is 18.3 Å². The highest BCUT2D eigenvalue weighted by Crippen LogP contribution is 2.33. The summed E-state index contributed by atoms with van der Waals surface area (Å²) in [7, 11) is 2.18. The monoisotopic (exact) mass is 474 g/mol. The Kier molecular flexibility index (Phi) is 9.61. The number of nitrogens with two attached hydrogens (primary N) is 1. The summed E-state index contributed by atoms with van der Waals surface area (Å²) in [4.78, 5) is 31.8. The minimum absolute atomic E-state index is 0.0239. The molecule has 3 atom stereocenters. The number of benzene rings is 1. The predicted octanol–water partition coefficient (Wildman–Crippen LogP) is 0.808. The molecule has 0 radical (unpaired) electrons. The van der Waals surface area contributed by atoms with Crippen LogP contribution in [-0.2, 0) is 16.0 Å². The van der Waals surface area contributed by atoms with Gasteiger partial charge in [-0.1, -0.05) is 18.2 Å². The Hall–Kier alpha value is -2.07. The first-order chi connectivity index (χ1) is 15.9. The molecule has 182 valence electrons. The number of anilines is 1. The van der Waals surface area contributed by atoms with Gasteiger partial charge >= 0.3 is 0 Å². The van der Waals surface area contributed by atoms with Crippen molar-refractivity contribution in [2.45, 2.75) is 30.0 Å². The Morgan fingerprint density at radius 2 is 1.97 bits per heavy atom. The molecule has 0 spiro atoms. The molecule has 0 saturated carbocycles. The van der Waals surface area contributed by atoms with E-state index in [-0.39, 0.29) is 22.4 Å². The van der Waals surface area contributed by atoms with Crippen LogP contribution < -0.4 is 16.4 Å². The second-order valence-corrected chi connectivity index (χ2v) is 10.00. The minimum Gasteiger partial charge on any atom is -0.383 e. The number of thioether (sulfide) groups is 1. The van der Waals surface area contributed by atoms with E-state index in [1.165, 1.54) is 17.3 Å². The lowest BCUT2D eigenvalue weighted by Crippen LogP contribution is -2.52. The van der Waals surface area contributed by atoms with Gasteiger partial charge in [0.2, 0.25) is 11.8 Å². The molecule has 1 aromatic rings. The van der Waals surface area contributed by atoms with E-state index in [1.807, 2.05) is 6.92 Å². The van der Waals surface area contributed by atoms with Crippen molar-refractivity contribution in [1.82, 2.24) is 20.0 Å². The molecule has 0 aliphatic carbocycles. The number of piperazine rings is 1. The zero-order chi connectivity index (χ0) is 23.8. The normalized spacial score (nSPS) is 22.9. The van der Waals surface area contributed by atoms with Crippen LogP contribution in [0.25, 0.3) is 0 Å². The number of carbonyl (C=O) groups is 2. The molecule has 33 heavy (non-hydrogen) atoms. The fourth-order valence-corrected chi connectivity index (χ4v) is 5.60. The number of rotatable bonds is 11. The molecule has 2 fully saturated rings. The number of likely N-dealkylation sites (N-methyl/N-ethyl adjacent to an activating group) is 2. The first-order valence-corrected chi connectivity index (χ1v) is 12.7. The SMILES string of the molecule is C=CCNC(=O)[C@@H](N)C1S[C@H](CNc2ccc(CCN3CCN(C)CC3)cc2)C(=O)N1CC. The molecule has 0 aromatic heterocycles. The van der Waals surface area contributed by atoms with Crippen LogP contribution in [0.1, 0.15) is 12.5 Å². The second-order valence-electron chi connectivity index (χ2n) is 8.67. The molecular weight excluding hydrogens is 436 g/mol. The number of hydrogen-bond acceptors (Lipinski definition) is 7. The van der Waals surface area contributed by atoms with Crippen LogP contribution in [0.3, 0.4) is 0 Å². The third-order valence-corrected chi connectivity index (χ3v) is 7.82. The summed E-state index contributed by atoms with van der Waals surface area (Å²) < 4.78 is 0. The van der Waals surface area contributed by atoms with Crippen LogP contribution in [0.15, 0.2) is 36.9 Å². The molecule has 0 bridgehead atoms. The first kappa shape index (κ1) is 25.6. The summed E-state index contributed by atoms with van der Waals surface area (Å²) in [5, 5.41) is 5.47. The van der Waals surface area contributed by atoms with E-state index in [9.17, 15) is 9.59 Å². The molecule has 1 aromatic carbocycles. The average molecular weight is 475 g/mol. The number of amides is 2. The van der Waals surface area contributed by atoms with E-state index >= 15 is 0 Å². The third-order valence-electron chi connectivity index (χ3n) is 6.30. The van der Waals surface area contributed by atoms with E-state index in [1.54, 1.807) is 11.0 Å². The summed E-state index contributed by atoms with van der Waals surface area (Å²) >= 11 is 1.46. The van der Waals surface area contributed by atoms with Gasteiger partial charge in [-0.3, -0.25) is 9.59 Å². The van der Waals surface area contributed by atoms with Gasteiger partial charge in [-0.25, -0.2) is 0 Å². The largest absolute Gasteiger partial charge is 0.383 e. The van der Waals surface area contributed by atoms with Crippen molar-refractivity contribution < 1.29 is 9.59 Å². The van der Waals surface area contributed by atoms with Gasteiger partial charge < -0.3 is 31.1 Å². The van der Waals surface area contributed by atoms with Crippen molar-refractivity contribution in [3.63, 3.8) is 0 Å². The van der Waals surface area contributed by atoms with Crippen molar-refractivity contribution in [2.75, 3.05) is 64.7 Å². The quantitative estimate of drug-likeness (QED) is 0.409.